The highest BCUT2D eigenvalue weighted by Crippen LogP contribution is 2.38. The summed E-state index contributed by atoms with van der Waals surface area (Å²) in [5.74, 6) is -1.15. The highest BCUT2D eigenvalue weighted by Gasteiger charge is 2.43. The highest BCUT2D eigenvalue weighted by molar-refractivity contribution is 7.90. The molecule has 2 aromatic rings. The monoisotopic (exact) mass is 532 g/mol. The lowest BCUT2D eigenvalue weighted by molar-refractivity contribution is -0.116. The molecule has 2 aromatic carbocycles. The number of sulfone groups is 1. The number of hydrogen-bond acceptors (Lipinski definition) is 8. The second-order valence-electron chi connectivity index (χ2n) is 8.40. The van der Waals surface area contributed by atoms with Crippen molar-refractivity contribution in [3.05, 3.63) is 53.1 Å². The third-order valence-corrected chi connectivity index (χ3v) is 6.32. The van der Waals surface area contributed by atoms with Crippen LogP contribution < -0.4 is 14.8 Å². The molecule has 0 saturated heterocycles. The first-order chi connectivity index (χ1) is 17.3. The number of amides is 3. The Labute approximate surface area is 216 Å². The zero-order chi connectivity index (χ0) is 27.9. The zero-order valence-corrected chi connectivity index (χ0v) is 22.6. The molecular weight excluding hydrogens is 500 g/mol. The maximum atomic E-state index is 13.3. The van der Waals surface area contributed by atoms with Gasteiger partial charge in [0.15, 0.2) is 11.5 Å². The van der Waals surface area contributed by atoms with E-state index in [1.165, 1.54) is 26.2 Å². The molecule has 0 aromatic heterocycles. The van der Waals surface area contributed by atoms with Crippen LogP contribution in [0.25, 0.3) is 0 Å². The van der Waals surface area contributed by atoms with E-state index >= 15 is 0 Å². The molecule has 0 aliphatic carbocycles. The number of carbonyl (C=O) groups is 4. The van der Waals surface area contributed by atoms with Crippen LogP contribution in [-0.4, -0.2) is 62.5 Å². The Kier molecular flexibility index (Phi) is 9.96. The number of hydrogen-bond donors (Lipinski definition) is 1. The molecule has 0 radical (unpaired) electrons. The molecule has 1 N–H and O–H groups in total. The van der Waals surface area contributed by atoms with E-state index in [4.69, 9.17) is 9.47 Å². The molecule has 0 saturated carbocycles. The summed E-state index contributed by atoms with van der Waals surface area (Å²) in [6.07, 6.45) is 1.70. The van der Waals surface area contributed by atoms with E-state index in [9.17, 15) is 27.6 Å². The lowest BCUT2D eigenvalue weighted by atomic mass is 10.1. The predicted molar refractivity (Wildman–Crippen MR) is 139 cm³/mol. The summed E-state index contributed by atoms with van der Waals surface area (Å²) in [5, 5.41) is 2.55. The van der Waals surface area contributed by atoms with Gasteiger partial charge in [-0.25, -0.2) is 8.42 Å². The molecule has 0 bridgehead atoms. The fourth-order valence-corrected chi connectivity index (χ4v) is 4.57. The Bertz CT molecular complexity index is 1300. The minimum Gasteiger partial charge on any atom is -0.493 e. The fraction of sp³-hybridized carbons (Fsp3) is 0.385. The Balaban J connectivity index is 0.000000877. The molecule has 200 valence electrons. The largest absolute Gasteiger partial charge is 0.493 e. The number of ketones is 1. The normalized spacial score (nSPS) is 13.3. The number of nitrogens with zero attached hydrogens (tertiary/aromatic N) is 1. The van der Waals surface area contributed by atoms with E-state index in [1.807, 2.05) is 6.92 Å². The molecule has 0 unspecified atom stereocenters. The van der Waals surface area contributed by atoms with Gasteiger partial charge in [0.25, 0.3) is 11.8 Å². The van der Waals surface area contributed by atoms with Crippen molar-refractivity contribution in [2.24, 2.45) is 0 Å². The van der Waals surface area contributed by atoms with Crippen LogP contribution in [-0.2, 0) is 19.4 Å². The van der Waals surface area contributed by atoms with Crippen molar-refractivity contribution in [3.63, 3.8) is 0 Å². The van der Waals surface area contributed by atoms with Crippen molar-refractivity contribution >= 4 is 39.0 Å². The van der Waals surface area contributed by atoms with Crippen LogP contribution in [0, 0.1) is 0 Å². The van der Waals surface area contributed by atoms with E-state index < -0.39 is 39.4 Å². The van der Waals surface area contributed by atoms with Gasteiger partial charge < -0.3 is 19.6 Å². The molecule has 1 aliphatic heterocycles. The number of anilines is 1. The summed E-state index contributed by atoms with van der Waals surface area (Å²) in [7, 11) is -2.13. The second-order valence-corrected chi connectivity index (χ2v) is 10.6. The first-order valence-electron chi connectivity index (χ1n) is 11.6. The van der Waals surface area contributed by atoms with Gasteiger partial charge in [-0.1, -0.05) is 19.1 Å². The Morgan fingerprint density at radius 3 is 2.19 bits per heavy atom. The van der Waals surface area contributed by atoms with Crippen molar-refractivity contribution in [1.29, 1.82) is 0 Å². The zero-order valence-electron chi connectivity index (χ0n) is 21.8. The van der Waals surface area contributed by atoms with E-state index in [0.29, 0.717) is 30.1 Å². The third-order valence-electron chi connectivity index (χ3n) is 5.40. The van der Waals surface area contributed by atoms with Crippen LogP contribution in [0.5, 0.6) is 11.5 Å². The SMILES string of the molecule is CCC(C)=O.CCOc1cc([C@@H](CS(C)(=O)=O)N2C(=O)c3cccc(NC(C)=O)c3C2=O)ccc1OC. The molecule has 10 nitrogen and oxygen atoms in total. The van der Waals surface area contributed by atoms with Crippen LogP contribution in [0.15, 0.2) is 36.4 Å². The van der Waals surface area contributed by atoms with E-state index in [-0.39, 0.29) is 22.6 Å². The molecule has 3 rings (SSSR count). The van der Waals surface area contributed by atoms with Gasteiger partial charge in [-0.15, -0.1) is 0 Å². The van der Waals surface area contributed by atoms with Gasteiger partial charge in [-0.05, 0) is 43.7 Å². The van der Waals surface area contributed by atoms with Crippen LogP contribution in [0.4, 0.5) is 5.69 Å². The third kappa shape index (κ3) is 7.39. The molecule has 11 heteroatoms. The van der Waals surface area contributed by atoms with Gasteiger partial charge in [0.2, 0.25) is 5.91 Å². The van der Waals surface area contributed by atoms with Crippen molar-refractivity contribution in [2.75, 3.05) is 31.0 Å². The molecule has 1 aliphatic rings. The van der Waals surface area contributed by atoms with Crippen LogP contribution in [0.3, 0.4) is 0 Å². The molecule has 0 spiro atoms. The Hall–Kier alpha value is -3.73. The Morgan fingerprint density at radius 2 is 1.68 bits per heavy atom. The molecular formula is C26H32N2O8S. The van der Waals surface area contributed by atoms with Crippen molar-refractivity contribution < 1.29 is 37.1 Å². The second kappa shape index (κ2) is 12.5. The molecule has 37 heavy (non-hydrogen) atoms. The van der Waals surface area contributed by atoms with Crippen LogP contribution in [0.2, 0.25) is 0 Å². The van der Waals surface area contributed by atoms with Gasteiger partial charge >= 0.3 is 0 Å². The lowest BCUT2D eigenvalue weighted by Gasteiger charge is -2.27. The first kappa shape index (κ1) is 29.5. The predicted octanol–water partition coefficient (Wildman–Crippen LogP) is 3.42. The van der Waals surface area contributed by atoms with Gasteiger partial charge in [-0.2, -0.15) is 0 Å². The minimum absolute atomic E-state index is 0.0322. The van der Waals surface area contributed by atoms with Crippen molar-refractivity contribution in [2.45, 2.75) is 40.2 Å². The summed E-state index contributed by atoms with van der Waals surface area (Å²) < 4.78 is 35.3. The number of imide groups is 1. The van der Waals surface area contributed by atoms with Gasteiger partial charge in [0.1, 0.15) is 15.6 Å². The molecule has 1 atom stereocenters. The van der Waals surface area contributed by atoms with E-state index in [0.717, 1.165) is 11.2 Å². The summed E-state index contributed by atoms with van der Waals surface area (Å²) >= 11 is 0. The maximum Gasteiger partial charge on any atom is 0.264 e. The van der Waals surface area contributed by atoms with Crippen molar-refractivity contribution in [1.82, 2.24) is 4.90 Å². The number of carbonyl (C=O) groups excluding carboxylic acids is 4. The summed E-state index contributed by atoms with van der Waals surface area (Å²) in [5.41, 5.74) is 0.719. The molecule has 3 amide bonds. The number of ether oxygens (including phenoxy) is 2. The minimum atomic E-state index is -3.60. The average molecular weight is 533 g/mol. The number of fused-ring (bicyclic) bond motifs is 1. The summed E-state index contributed by atoms with van der Waals surface area (Å²) in [6.45, 7) is 6.84. The fourth-order valence-electron chi connectivity index (χ4n) is 3.66. The first-order valence-corrected chi connectivity index (χ1v) is 13.7. The van der Waals surface area contributed by atoms with Crippen LogP contribution in [0.1, 0.15) is 66.4 Å². The standard InChI is InChI=1S/C22H24N2O7S.C4H8O/c1-5-31-19-11-14(9-10-18(19)30-3)17(12-32(4,28)29)24-21(26)15-7-6-8-16(23-13(2)25)20(15)22(24)27;1-3-4(2)5/h6-11,17H,5,12H2,1-4H3,(H,23,25);3H2,1-2H3/t17-;/m1./s1. The van der Waals surface area contributed by atoms with Crippen molar-refractivity contribution in [3.8, 4) is 11.5 Å². The summed E-state index contributed by atoms with van der Waals surface area (Å²) in [4.78, 5) is 48.9. The number of nitrogens with one attached hydrogen (secondary N) is 1. The van der Waals surface area contributed by atoms with Gasteiger partial charge in [0.05, 0.1) is 42.3 Å². The maximum absolute atomic E-state index is 13.3. The topological polar surface area (TPSA) is 136 Å². The molecule has 0 fully saturated rings. The van der Waals surface area contributed by atoms with Gasteiger partial charge in [0, 0.05) is 19.6 Å². The van der Waals surface area contributed by atoms with Crippen LogP contribution >= 0.6 is 0 Å². The quantitative estimate of drug-likeness (QED) is 0.485. The van der Waals surface area contributed by atoms with E-state index in [2.05, 4.69) is 5.32 Å². The average Bonchev–Trinajstić information content (AvgIpc) is 3.08. The summed E-state index contributed by atoms with van der Waals surface area (Å²) in [6, 6.07) is 8.18. The Morgan fingerprint density at radius 1 is 1.03 bits per heavy atom. The number of methoxy groups -OCH3 is 1. The van der Waals surface area contributed by atoms with Gasteiger partial charge in [-0.3, -0.25) is 19.3 Å². The smallest absolute Gasteiger partial charge is 0.264 e. The number of benzene rings is 2. The highest BCUT2D eigenvalue weighted by atomic mass is 32.2. The number of Topliss-reactive ketones (excluding diaryl/α,β-unsaturated/α-hetero) is 1. The number of rotatable bonds is 9. The lowest BCUT2D eigenvalue weighted by Crippen LogP contribution is -2.37. The molecule has 1 heterocycles. The van der Waals surface area contributed by atoms with E-state index in [1.54, 1.807) is 38.1 Å².